The first kappa shape index (κ1) is 22.2. The number of carbonyl (C=O) groups is 2. The summed E-state index contributed by atoms with van der Waals surface area (Å²) in [4.78, 5) is 23.5. The van der Waals surface area contributed by atoms with Crippen LogP contribution in [-0.4, -0.2) is 30.1 Å². The standard InChI is InChI=1S/C17H14ClF4N3O4/c1-9(24-16(27)13-7-14(25-29-13)17(20,21)22)4-5-23-15(26)8-28-10-2-3-11(18)12(19)6-10/h2-3,6-7H,1,4-5,8H2,(H,23,26)(H,24,27). The van der Waals surface area contributed by atoms with Crippen LogP contribution in [0.1, 0.15) is 22.7 Å². The van der Waals surface area contributed by atoms with Gasteiger partial charge in [0.1, 0.15) is 11.6 Å². The van der Waals surface area contributed by atoms with Crippen molar-refractivity contribution < 1.29 is 36.4 Å². The van der Waals surface area contributed by atoms with E-state index in [1.165, 1.54) is 12.1 Å². The van der Waals surface area contributed by atoms with E-state index in [9.17, 15) is 27.2 Å². The van der Waals surface area contributed by atoms with Crippen molar-refractivity contribution in [3.63, 3.8) is 0 Å². The number of amides is 2. The Hall–Kier alpha value is -3.08. The Bertz CT molecular complexity index is 914. The third-order valence-corrected chi connectivity index (χ3v) is 3.63. The van der Waals surface area contributed by atoms with E-state index in [0.29, 0.717) is 6.07 Å². The molecule has 0 atom stereocenters. The molecule has 0 radical (unpaired) electrons. The maximum Gasteiger partial charge on any atom is 0.436 e. The van der Waals surface area contributed by atoms with Crippen LogP contribution in [0.15, 0.2) is 41.1 Å². The van der Waals surface area contributed by atoms with Crippen LogP contribution in [0.5, 0.6) is 5.75 Å². The molecular weight excluding hydrogens is 422 g/mol. The molecule has 12 heteroatoms. The number of hydrogen-bond acceptors (Lipinski definition) is 5. The Kier molecular flexibility index (Phi) is 7.21. The van der Waals surface area contributed by atoms with E-state index >= 15 is 0 Å². The van der Waals surface area contributed by atoms with Crippen molar-refractivity contribution in [3.05, 3.63) is 58.8 Å². The van der Waals surface area contributed by atoms with Gasteiger partial charge >= 0.3 is 6.18 Å². The molecule has 0 saturated carbocycles. The zero-order valence-electron chi connectivity index (χ0n) is 14.6. The third-order valence-electron chi connectivity index (χ3n) is 3.32. The maximum atomic E-state index is 13.3. The number of carbonyl (C=O) groups excluding carboxylic acids is 2. The number of nitrogens with zero attached hydrogens (tertiary/aromatic N) is 1. The molecule has 1 heterocycles. The smallest absolute Gasteiger partial charge is 0.436 e. The van der Waals surface area contributed by atoms with Gasteiger partial charge in [0.25, 0.3) is 11.8 Å². The lowest BCUT2D eigenvalue weighted by Crippen LogP contribution is -2.31. The molecule has 1 aromatic carbocycles. The Morgan fingerprint density at radius 3 is 2.62 bits per heavy atom. The number of rotatable bonds is 8. The summed E-state index contributed by atoms with van der Waals surface area (Å²) in [5.74, 6) is -2.69. The summed E-state index contributed by atoms with van der Waals surface area (Å²) >= 11 is 5.53. The third kappa shape index (κ3) is 6.79. The van der Waals surface area contributed by atoms with Crippen molar-refractivity contribution in [3.8, 4) is 5.75 Å². The molecule has 2 N–H and O–H groups in total. The van der Waals surface area contributed by atoms with Crippen LogP contribution in [0.25, 0.3) is 0 Å². The van der Waals surface area contributed by atoms with Gasteiger partial charge in [-0.3, -0.25) is 9.59 Å². The lowest BCUT2D eigenvalue weighted by molar-refractivity contribution is -0.142. The highest BCUT2D eigenvalue weighted by atomic mass is 35.5. The second-order valence-electron chi connectivity index (χ2n) is 5.60. The van der Waals surface area contributed by atoms with Gasteiger partial charge in [0, 0.05) is 30.8 Å². The van der Waals surface area contributed by atoms with Gasteiger partial charge in [0.05, 0.1) is 5.02 Å². The minimum absolute atomic E-state index is 0.0560. The van der Waals surface area contributed by atoms with Gasteiger partial charge in [0.2, 0.25) is 5.76 Å². The summed E-state index contributed by atoms with van der Waals surface area (Å²) in [5.41, 5.74) is -1.21. The molecule has 0 unspecified atom stereocenters. The van der Waals surface area contributed by atoms with Crippen LogP contribution >= 0.6 is 11.6 Å². The van der Waals surface area contributed by atoms with Crippen molar-refractivity contribution in [1.82, 2.24) is 15.8 Å². The summed E-state index contributed by atoms with van der Waals surface area (Å²) in [6.45, 7) is 3.20. The maximum absolute atomic E-state index is 13.3. The first-order chi connectivity index (χ1) is 13.6. The van der Waals surface area contributed by atoms with E-state index in [4.69, 9.17) is 16.3 Å². The minimum atomic E-state index is -4.73. The number of ether oxygens (including phenoxy) is 1. The highest BCUT2D eigenvalue weighted by Gasteiger charge is 2.35. The van der Waals surface area contributed by atoms with Crippen molar-refractivity contribution >= 4 is 23.4 Å². The van der Waals surface area contributed by atoms with E-state index in [2.05, 4.69) is 26.9 Å². The van der Waals surface area contributed by atoms with Crippen LogP contribution in [0.4, 0.5) is 17.6 Å². The van der Waals surface area contributed by atoms with Crippen molar-refractivity contribution in [2.24, 2.45) is 0 Å². The second-order valence-corrected chi connectivity index (χ2v) is 6.00. The zero-order valence-corrected chi connectivity index (χ0v) is 15.4. The van der Waals surface area contributed by atoms with E-state index in [0.717, 1.165) is 6.07 Å². The first-order valence-corrected chi connectivity index (χ1v) is 8.31. The molecule has 0 saturated heterocycles. The summed E-state index contributed by atoms with van der Waals surface area (Å²) in [6.07, 6.45) is -4.64. The fraction of sp³-hybridized carbons (Fsp3) is 0.235. The van der Waals surface area contributed by atoms with Crippen molar-refractivity contribution in [2.45, 2.75) is 12.6 Å². The summed E-state index contributed by atoms with van der Waals surface area (Å²) in [7, 11) is 0. The van der Waals surface area contributed by atoms with Crippen LogP contribution in [0.3, 0.4) is 0 Å². The topological polar surface area (TPSA) is 93.5 Å². The molecule has 0 spiro atoms. The molecule has 156 valence electrons. The number of halogens is 5. The predicted octanol–water partition coefficient (Wildman–Crippen LogP) is 3.31. The molecule has 7 nitrogen and oxygen atoms in total. The lowest BCUT2D eigenvalue weighted by atomic mass is 10.3. The minimum Gasteiger partial charge on any atom is -0.484 e. The number of hydrogen-bond donors (Lipinski definition) is 2. The normalized spacial score (nSPS) is 11.1. The Labute approximate surface area is 166 Å². The summed E-state index contributed by atoms with van der Waals surface area (Å²) in [6, 6.07) is 4.16. The van der Waals surface area contributed by atoms with Crippen LogP contribution in [0.2, 0.25) is 5.02 Å². The Balaban J connectivity index is 1.70. The van der Waals surface area contributed by atoms with Gasteiger partial charge in [-0.25, -0.2) is 4.39 Å². The Morgan fingerprint density at radius 1 is 1.28 bits per heavy atom. The average Bonchev–Trinajstić information content (AvgIpc) is 3.13. The molecule has 0 aliphatic rings. The van der Waals surface area contributed by atoms with E-state index < -0.39 is 41.9 Å². The van der Waals surface area contributed by atoms with Gasteiger partial charge in [-0.05, 0) is 12.1 Å². The van der Waals surface area contributed by atoms with E-state index in [1.807, 2.05) is 0 Å². The monoisotopic (exact) mass is 435 g/mol. The number of alkyl halides is 3. The lowest BCUT2D eigenvalue weighted by Gasteiger charge is -2.09. The average molecular weight is 436 g/mol. The molecule has 1 aromatic heterocycles. The quantitative estimate of drug-likeness (QED) is 0.620. The molecule has 0 fully saturated rings. The number of aromatic nitrogens is 1. The van der Waals surface area contributed by atoms with Crippen LogP contribution < -0.4 is 15.4 Å². The van der Waals surface area contributed by atoms with Crippen LogP contribution in [0, 0.1) is 5.82 Å². The molecule has 2 rings (SSSR count). The number of nitrogens with one attached hydrogen (secondary N) is 2. The molecule has 0 aliphatic carbocycles. The molecular formula is C17H14ClF4N3O4. The SMILES string of the molecule is C=C(CCNC(=O)COc1ccc(Cl)c(F)c1)NC(=O)c1cc(C(F)(F)F)no1. The largest absolute Gasteiger partial charge is 0.484 e. The van der Waals surface area contributed by atoms with Gasteiger partial charge in [-0.15, -0.1) is 0 Å². The van der Waals surface area contributed by atoms with Crippen molar-refractivity contribution in [1.29, 1.82) is 0 Å². The highest BCUT2D eigenvalue weighted by molar-refractivity contribution is 6.30. The molecule has 0 aliphatic heterocycles. The second kappa shape index (κ2) is 9.41. The van der Waals surface area contributed by atoms with E-state index in [-0.39, 0.29) is 29.4 Å². The fourth-order valence-corrected chi connectivity index (χ4v) is 2.04. The van der Waals surface area contributed by atoms with Crippen molar-refractivity contribution in [2.75, 3.05) is 13.2 Å². The van der Waals surface area contributed by atoms with Gasteiger partial charge in [-0.1, -0.05) is 23.3 Å². The predicted molar refractivity (Wildman–Crippen MR) is 92.6 cm³/mol. The van der Waals surface area contributed by atoms with Gasteiger partial charge in [0.15, 0.2) is 12.3 Å². The number of benzene rings is 1. The molecule has 2 amide bonds. The molecule has 2 aromatic rings. The van der Waals surface area contributed by atoms with E-state index in [1.54, 1.807) is 0 Å². The van der Waals surface area contributed by atoms with Crippen LogP contribution in [-0.2, 0) is 11.0 Å². The Morgan fingerprint density at radius 2 is 2.00 bits per heavy atom. The first-order valence-electron chi connectivity index (χ1n) is 7.94. The zero-order chi connectivity index (χ0) is 21.6. The van der Waals surface area contributed by atoms with Gasteiger partial charge < -0.3 is 19.9 Å². The summed E-state index contributed by atoms with van der Waals surface area (Å²) in [5, 5.41) is 7.38. The van der Waals surface area contributed by atoms with Gasteiger partial charge in [-0.2, -0.15) is 13.2 Å². The molecule has 29 heavy (non-hydrogen) atoms. The summed E-state index contributed by atoms with van der Waals surface area (Å²) < 4.78 is 60.0. The highest BCUT2D eigenvalue weighted by Crippen LogP contribution is 2.28. The molecule has 0 bridgehead atoms. The fourth-order valence-electron chi connectivity index (χ4n) is 1.92.